The Morgan fingerprint density at radius 3 is 2.61 bits per heavy atom. The molecule has 0 radical (unpaired) electrons. The Labute approximate surface area is 121 Å². The molecule has 1 aromatic heterocycles. The van der Waals surface area contributed by atoms with Gasteiger partial charge in [0.1, 0.15) is 0 Å². The number of hydrogen-bond acceptors (Lipinski definition) is 2. The number of benzene rings is 1. The molecule has 2 aromatic rings. The van der Waals surface area contributed by atoms with Crippen molar-refractivity contribution in [2.45, 2.75) is 25.3 Å². The van der Waals surface area contributed by atoms with Crippen LogP contribution in [-0.4, -0.2) is 7.05 Å². The quantitative estimate of drug-likeness (QED) is 0.805. The molecular formula is C15H18BrNS. The number of rotatable bonds is 6. The number of thiophene rings is 1. The highest BCUT2D eigenvalue weighted by Crippen LogP contribution is 2.30. The molecule has 1 unspecified atom stereocenters. The van der Waals surface area contributed by atoms with Crippen molar-refractivity contribution in [2.24, 2.45) is 0 Å². The molecule has 0 aliphatic rings. The summed E-state index contributed by atoms with van der Waals surface area (Å²) in [4.78, 5) is 0. The van der Waals surface area contributed by atoms with Crippen LogP contribution >= 0.6 is 27.3 Å². The molecule has 1 atom stereocenters. The molecule has 0 bridgehead atoms. The van der Waals surface area contributed by atoms with Crippen molar-refractivity contribution in [2.75, 3.05) is 7.05 Å². The van der Waals surface area contributed by atoms with Gasteiger partial charge in [0, 0.05) is 15.9 Å². The molecular weight excluding hydrogens is 306 g/mol. The van der Waals surface area contributed by atoms with Crippen LogP contribution in [0.25, 0.3) is 0 Å². The average molecular weight is 324 g/mol. The first-order valence-corrected chi connectivity index (χ1v) is 7.97. The van der Waals surface area contributed by atoms with Crippen molar-refractivity contribution in [3.63, 3.8) is 0 Å². The SMILES string of the molecule is CNC(CCCc1ccccc1)c1cscc1Br. The number of halogens is 1. The van der Waals surface area contributed by atoms with Gasteiger partial charge in [-0.3, -0.25) is 0 Å². The van der Waals surface area contributed by atoms with E-state index in [4.69, 9.17) is 0 Å². The van der Waals surface area contributed by atoms with E-state index in [2.05, 4.69) is 62.3 Å². The van der Waals surface area contributed by atoms with Gasteiger partial charge in [-0.15, -0.1) is 0 Å². The summed E-state index contributed by atoms with van der Waals surface area (Å²) in [7, 11) is 2.04. The lowest BCUT2D eigenvalue weighted by atomic mass is 10.0. The van der Waals surface area contributed by atoms with Gasteiger partial charge in [0.15, 0.2) is 0 Å². The molecule has 0 aliphatic carbocycles. The van der Waals surface area contributed by atoms with Crippen LogP contribution in [0, 0.1) is 0 Å². The monoisotopic (exact) mass is 323 g/mol. The van der Waals surface area contributed by atoms with Crippen LogP contribution in [0.15, 0.2) is 45.6 Å². The van der Waals surface area contributed by atoms with E-state index in [1.54, 1.807) is 11.3 Å². The van der Waals surface area contributed by atoms with E-state index in [1.807, 2.05) is 7.05 Å². The first-order chi connectivity index (χ1) is 8.81. The molecule has 1 heterocycles. The predicted octanol–water partition coefficient (Wildman–Crippen LogP) is 4.79. The van der Waals surface area contributed by atoms with Gasteiger partial charge in [-0.05, 0) is 58.7 Å². The summed E-state index contributed by atoms with van der Waals surface area (Å²) < 4.78 is 1.23. The third-order valence-corrected chi connectivity index (χ3v) is 4.92. The maximum atomic E-state index is 3.61. The van der Waals surface area contributed by atoms with Crippen LogP contribution < -0.4 is 5.32 Å². The Hall–Kier alpha value is -0.640. The van der Waals surface area contributed by atoms with Crippen LogP contribution in [0.3, 0.4) is 0 Å². The van der Waals surface area contributed by atoms with E-state index in [0.717, 1.165) is 6.42 Å². The topological polar surface area (TPSA) is 12.0 Å². The molecule has 2 rings (SSSR count). The van der Waals surface area contributed by atoms with Crippen molar-refractivity contribution >= 4 is 27.3 Å². The van der Waals surface area contributed by atoms with Crippen LogP contribution in [0.1, 0.15) is 30.0 Å². The molecule has 0 spiro atoms. The summed E-state index contributed by atoms with van der Waals surface area (Å²) in [5, 5.41) is 7.79. The van der Waals surface area contributed by atoms with Gasteiger partial charge >= 0.3 is 0 Å². The Morgan fingerprint density at radius 2 is 2.00 bits per heavy atom. The Kier molecular flexibility index (Phi) is 5.42. The summed E-state index contributed by atoms with van der Waals surface area (Å²) in [5.41, 5.74) is 2.81. The highest BCUT2D eigenvalue weighted by Gasteiger charge is 2.12. The summed E-state index contributed by atoms with van der Waals surface area (Å²) in [6.45, 7) is 0. The molecule has 1 aromatic carbocycles. The fourth-order valence-electron chi connectivity index (χ4n) is 2.15. The molecule has 0 aliphatic heterocycles. The summed E-state index contributed by atoms with van der Waals surface area (Å²) >= 11 is 5.37. The molecule has 0 saturated carbocycles. The van der Waals surface area contributed by atoms with Crippen LogP contribution in [0.2, 0.25) is 0 Å². The maximum absolute atomic E-state index is 3.61. The van der Waals surface area contributed by atoms with Gasteiger partial charge < -0.3 is 5.32 Å². The number of hydrogen-bond donors (Lipinski definition) is 1. The van der Waals surface area contributed by atoms with Gasteiger partial charge in [0.25, 0.3) is 0 Å². The van der Waals surface area contributed by atoms with Crippen molar-refractivity contribution in [1.29, 1.82) is 0 Å². The zero-order chi connectivity index (χ0) is 12.8. The third-order valence-electron chi connectivity index (χ3n) is 3.17. The normalized spacial score (nSPS) is 12.6. The second-order valence-corrected chi connectivity index (χ2v) is 5.99. The fourth-order valence-corrected chi connectivity index (χ4v) is 3.78. The fraction of sp³-hybridized carbons (Fsp3) is 0.333. The van der Waals surface area contributed by atoms with E-state index in [9.17, 15) is 0 Å². The third kappa shape index (κ3) is 3.67. The molecule has 0 amide bonds. The minimum Gasteiger partial charge on any atom is -0.313 e. The molecule has 96 valence electrons. The first-order valence-electron chi connectivity index (χ1n) is 6.24. The zero-order valence-electron chi connectivity index (χ0n) is 10.5. The van der Waals surface area contributed by atoms with Gasteiger partial charge in [-0.2, -0.15) is 11.3 Å². The minimum atomic E-state index is 0.453. The second-order valence-electron chi connectivity index (χ2n) is 4.39. The molecule has 1 nitrogen and oxygen atoms in total. The van der Waals surface area contributed by atoms with Crippen molar-refractivity contribution in [3.05, 3.63) is 56.7 Å². The molecule has 0 fully saturated rings. The highest BCUT2D eigenvalue weighted by molar-refractivity contribution is 9.10. The van der Waals surface area contributed by atoms with Gasteiger partial charge in [-0.1, -0.05) is 30.3 Å². The van der Waals surface area contributed by atoms with Gasteiger partial charge in [0.05, 0.1) is 0 Å². The lowest BCUT2D eigenvalue weighted by Crippen LogP contribution is -2.16. The zero-order valence-corrected chi connectivity index (χ0v) is 12.9. The van der Waals surface area contributed by atoms with E-state index in [0.29, 0.717) is 6.04 Å². The average Bonchev–Trinajstić information content (AvgIpc) is 2.82. The van der Waals surface area contributed by atoms with Crippen LogP contribution in [0.5, 0.6) is 0 Å². The molecule has 3 heteroatoms. The lowest BCUT2D eigenvalue weighted by molar-refractivity contribution is 0.527. The Balaban J connectivity index is 1.87. The van der Waals surface area contributed by atoms with E-state index >= 15 is 0 Å². The van der Waals surface area contributed by atoms with Crippen molar-refractivity contribution in [3.8, 4) is 0 Å². The summed E-state index contributed by atoms with van der Waals surface area (Å²) in [6.07, 6.45) is 3.53. The minimum absolute atomic E-state index is 0.453. The van der Waals surface area contributed by atoms with Gasteiger partial charge in [-0.25, -0.2) is 0 Å². The van der Waals surface area contributed by atoms with E-state index in [-0.39, 0.29) is 0 Å². The first kappa shape index (κ1) is 13.8. The van der Waals surface area contributed by atoms with E-state index in [1.165, 1.54) is 28.4 Å². The lowest BCUT2D eigenvalue weighted by Gasteiger charge is -2.15. The smallest absolute Gasteiger partial charge is 0.0337 e. The van der Waals surface area contributed by atoms with Crippen LogP contribution in [0.4, 0.5) is 0 Å². The maximum Gasteiger partial charge on any atom is 0.0337 e. The summed E-state index contributed by atoms with van der Waals surface area (Å²) in [6, 6.07) is 11.2. The van der Waals surface area contributed by atoms with Gasteiger partial charge in [0.2, 0.25) is 0 Å². The standard InChI is InChI=1S/C15H18BrNS/c1-17-15(13-10-18-11-14(13)16)9-5-8-12-6-3-2-4-7-12/h2-4,6-7,10-11,15,17H,5,8-9H2,1H3. The van der Waals surface area contributed by atoms with Crippen LogP contribution in [-0.2, 0) is 6.42 Å². The number of nitrogens with one attached hydrogen (secondary N) is 1. The second kappa shape index (κ2) is 7.07. The highest BCUT2D eigenvalue weighted by atomic mass is 79.9. The molecule has 1 N–H and O–H groups in total. The predicted molar refractivity (Wildman–Crippen MR) is 83.2 cm³/mol. The molecule has 18 heavy (non-hydrogen) atoms. The number of aryl methyl sites for hydroxylation is 1. The molecule has 0 saturated heterocycles. The Bertz CT molecular complexity index is 466. The van der Waals surface area contributed by atoms with Crippen molar-refractivity contribution in [1.82, 2.24) is 5.32 Å². The van der Waals surface area contributed by atoms with E-state index < -0.39 is 0 Å². The summed E-state index contributed by atoms with van der Waals surface area (Å²) in [5.74, 6) is 0. The Morgan fingerprint density at radius 1 is 1.22 bits per heavy atom. The van der Waals surface area contributed by atoms with Crippen molar-refractivity contribution < 1.29 is 0 Å². The largest absolute Gasteiger partial charge is 0.313 e.